The number of hydrogen-bond acceptors (Lipinski definition) is 5. The molecule has 0 aliphatic carbocycles. The number of rotatable bonds is 8. The number of fused-ring (bicyclic) bond motifs is 1. The van der Waals surface area contributed by atoms with E-state index >= 15 is 0 Å². The fraction of sp³-hybridized carbons (Fsp3) is 0.217. The van der Waals surface area contributed by atoms with E-state index in [0.717, 1.165) is 5.56 Å². The maximum Gasteiger partial charge on any atom is 0.261 e. The van der Waals surface area contributed by atoms with Crippen LogP contribution in [0.2, 0.25) is 5.02 Å². The van der Waals surface area contributed by atoms with Gasteiger partial charge in [-0.2, -0.15) is 5.10 Å². The number of halogens is 1. The summed E-state index contributed by atoms with van der Waals surface area (Å²) in [6.07, 6.45) is 2.12. The van der Waals surface area contributed by atoms with Crippen molar-refractivity contribution in [3.8, 4) is 0 Å². The second-order valence-electron chi connectivity index (χ2n) is 7.29. The van der Waals surface area contributed by atoms with Crippen LogP contribution >= 0.6 is 11.6 Å². The minimum atomic E-state index is -0.410. The number of methoxy groups -OCH3 is 1. The summed E-state index contributed by atoms with van der Waals surface area (Å²) in [5, 5.41) is 7.67. The molecule has 0 saturated carbocycles. The predicted molar refractivity (Wildman–Crippen MR) is 119 cm³/mol. The zero-order valence-corrected chi connectivity index (χ0v) is 18.1. The van der Waals surface area contributed by atoms with Gasteiger partial charge in [0, 0.05) is 36.9 Å². The van der Waals surface area contributed by atoms with Gasteiger partial charge in [0.25, 0.3) is 17.7 Å². The third-order valence-corrected chi connectivity index (χ3v) is 5.57. The van der Waals surface area contributed by atoms with Crippen molar-refractivity contribution in [3.05, 3.63) is 82.0 Å². The van der Waals surface area contributed by atoms with Gasteiger partial charge in [-0.25, -0.2) is 4.68 Å². The molecule has 0 radical (unpaired) electrons. The van der Waals surface area contributed by atoms with Crippen LogP contribution in [0.1, 0.15) is 43.1 Å². The molecule has 4 rings (SSSR count). The molecule has 32 heavy (non-hydrogen) atoms. The Labute approximate surface area is 189 Å². The average molecular weight is 453 g/mol. The molecule has 2 heterocycles. The van der Waals surface area contributed by atoms with E-state index in [-0.39, 0.29) is 23.6 Å². The summed E-state index contributed by atoms with van der Waals surface area (Å²) >= 11 is 6.23. The predicted octanol–water partition coefficient (Wildman–Crippen LogP) is 3.47. The summed E-state index contributed by atoms with van der Waals surface area (Å²) in [5.41, 5.74) is 1.66. The molecule has 1 N–H and O–H groups in total. The lowest BCUT2D eigenvalue weighted by Gasteiger charge is -2.12. The van der Waals surface area contributed by atoms with Crippen LogP contribution in [-0.4, -0.2) is 52.7 Å². The number of nitrogens with zero attached hydrogens (tertiary/aromatic N) is 3. The molecule has 1 aliphatic heterocycles. The van der Waals surface area contributed by atoms with Crippen molar-refractivity contribution in [3.63, 3.8) is 0 Å². The molecule has 1 aliphatic rings. The van der Waals surface area contributed by atoms with Crippen molar-refractivity contribution in [2.24, 2.45) is 0 Å². The molecule has 8 nitrogen and oxygen atoms in total. The molecular weight excluding hydrogens is 432 g/mol. The maximum atomic E-state index is 12.9. The first-order valence-corrected chi connectivity index (χ1v) is 10.4. The van der Waals surface area contributed by atoms with E-state index in [4.69, 9.17) is 16.3 Å². The van der Waals surface area contributed by atoms with Gasteiger partial charge in [-0.05, 0) is 36.2 Å². The molecule has 9 heteroatoms. The first-order chi connectivity index (χ1) is 15.5. The minimum Gasteiger partial charge on any atom is -0.385 e. The smallest absolute Gasteiger partial charge is 0.261 e. The summed E-state index contributed by atoms with van der Waals surface area (Å²) in [4.78, 5) is 39.3. The second-order valence-corrected chi connectivity index (χ2v) is 7.70. The lowest BCUT2D eigenvalue weighted by atomic mass is 10.1. The summed E-state index contributed by atoms with van der Waals surface area (Å²) in [7, 11) is 1.56. The van der Waals surface area contributed by atoms with Gasteiger partial charge in [0.2, 0.25) is 0 Å². The van der Waals surface area contributed by atoms with E-state index in [1.807, 2.05) is 18.2 Å². The molecular formula is C23H21ClN4O4. The number of hydrogen-bond donors (Lipinski definition) is 1. The highest BCUT2D eigenvalue weighted by atomic mass is 35.5. The Kier molecular flexibility index (Phi) is 6.34. The minimum absolute atomic E-state index is 0.227. The van der Waals surface area contributed by atoms with E-state index in [9.17, 15) is 14.4 Å². The molecule has 0 bridgehead atoms. The topological polar surface area (TPSA) is 93.5 Å². The van der Waals surface area contributed by atoms with E-state index in [1.54, 1.807) is 30.1 Å². The Morgan fingerprint density at radius 3 is 2.66 bits per heavy atom. The molecule has 0 saturated heterocycles. The molecule has 0 unspecified atom stereocenters. The highest BCUT2D eigenvalue weighted by Crippen LogP contribution is 2.25. The Balaban J connectivity index is 1.50. The van der Waals surface area contributed by atoms with Gasteiger partial charge in [0.1, 0.15) is 5.82 Å². The molecule has 3 aromatic rings. The third-order valence-electron chi connectivity index (χ3n) is 5.20. The summed E-state index contributed by atoms with van der Waals surface area (Å²) in [5.74, 6) is -0.684. The van der Waals surface area contributed by atoms with Crippen LogP contribution in [0, 0.1) is 0 Å². The van der Waals surface area contributed by atoms with Gasteiger partial charge < -0.3 is 10.1 Å². The van der Waals surface area contributed by atoms with Crippen molar-refractivity contribution in [1.82, 2.24) is 14.7 Å². The number of benzene rings is 2. The summed E-state index contributed by atoms with van der Waals surface area (Å²) in [6, 6.07) is 13.6. The molecule has 164 valence electrons. The third kappa shape index (κ3) is 4.28. The molecule has 1 aromatic heterocycles. The van der Waals surface area contributed by atoms with Gasteiger partial charge in [-0.3, -0.25) is 19.3 Å². The maximum absolute atomic E-state index is 12.9. The Bertz CT molecular complexity index is 1190. The van der Waals surface area contributed by atoms with Crippen LogP contribution in [0.4, 0.5) is 5.82 Å². The van der Waals surface area contributed by atoms with Crippen molar-refractivity contribution >= 4 is 35.1 Å². The number of imide groups is 1. The van der Waals surface area contributed by atoms with Gasteiger partial charge in [0.15, 0.2) is 0 Å². The van der Waals surface area contributed by atoms with Gasteiger partial charge in [0.05, 0.1) is 23.9 Å². The molecule has 0 fully saturated rings. The first kappa shape index (κ1) is 21.7. The first-order valence-electron chi connectivity index (χ1n) is 10.1. The standard InChI is InChI=1S/C23H21ClN4O4/c1-32-12-4-11-27-22(30)17-8-7-15(13-18(17)23(27)31)21(29)26-20-9-10-25-28(20)14-16-5-2-3-6-19(16)24/h2-3,5-10,13H,4,11-12,14H2,1H3,(H,26,29). The number of carbonyl (C=O) groups excluding carboxylic acids is 3. The number of anilines is 1. The quantitative estimate of drug-likeness (QED) is 0.417. The van der Waals surface area contributed by atoms with Gasteiger partial charge >= 0.3 is 0 Å². The lowest BCUT2D eigenvalue weighted by molar-refractivity contribution is 0.0638. The van der Waals surface area contributed by atoms with Crippen molar-refractivity contribution in [1.29, 1.82) is 0 Å². The van der Waals surface area contributed by atoms with Crippen LogP contribution in [0.25, 0.3) is 0 Å². The Morgan fingerprint density at radius 2 is 1.88 bits per heavy atom. The number of aromatic nitrogens is 2. The van der Waals surface area contributed by atoms with Crippen molar-refractivity contribution in [2.45, 2.75) is 13.0 Å². The van der Waals surface area contributed by atoms with Crippen LogP contribution in [0.5, 0.6) is 0 Å². The van der Waals surface area contributed by atoms with Gasteiger partial charge in [-0.15, -0.1) is 0 Å². The van der Waals surface area contributed by atoms with Gasteiger partial charge in [-0.1, -0.05) is 29.8 Å². The van der Waals surface area contributed by atoms with E-state index in [1.165, 1.54) is 23.1 Å². The zero-order valence-electron chi connectivity index (χ0n) is 17.4. The number of nitrogens with one attached hydrogen (secondary N) is 1. The van der Waals surface area contributed by atoms with E-state index in [2.05, 4.69) is 10.4 Å². The zero-order chi connectivity index (χ0) is 22.7. The molecule has 3 amide bonds. The summed E-state index contributed by atoms with van der Waals surface area (Å²) < 4.78 is 6.61. The highest BCUT2D eigenvalue weighted by molar-refractivity contribution is 6.31. The van der Waals surface area contributed by atoms with Crippen LogP contribution < -0.4 is 5.32 Å². The van der Waals surface area contributed by atoms with Crippen molar-refractivity contribution in [2.75, 3.05) is 25.6 Å². The monoisotopic (exact) mass is 452 g/mol. The fourth-order valence-corrected chi connectivity index (χ4v) is 3.74. The second kappa shape index (κ2) is 9.33. The molecule has 2 aromatic carbocycles. The van der Waals surface area contributed by atoms with Crippen molar-refractivity contribution < 1.29 is 19.1 Å². The van der Waals surface area contributed by atoms with E-state index < -0.39 is 11.8 Å². The Hall–Kier alpha value is -3.49. The number of amides is 3. The van der Waals surface area contributed by atoms with Crippen LogP contribution in [-0.2, 0) is 11.3 Å². The largest absolute Gasteiger partial charge is 0.385 e. The van der Waals surface area contributed by atoms with Crippen LogP contribution in [0.15, 0.2) is 54.7 Å². The lowest BCUT2D eigenvalue weighted by Crippen LogP contribution is -2.31. The Morgan fingerprint density at radius 1 is 1.09 bits per heavy atom. The highest BCUT2D eigenvalue weighted by Gasteiger charge is 2.35. The molecule has 0 spiro atoms. The van der Waals surface area contributed by atoms with E-state index in [0.29, 0.717) is 36.0 Å². The fourth-order valence-electron chi connectivity index (χ4n) is 3.54. The normalized spacial score (nSPS) is 12.9. The molecule has 0 atom stereocenters. The number of ether oxygens (including phenoxy) is 1. The SMILES string of the molecule is COCCCN1C(=O)c2ccc(C(=O)Nc3ccnn3Cc3ccccc3Cl)cc2C1=O. The van der Waals surface area contributed by atoms with Crippen LogP contribution in [0.3, 0.4) is 0 Å². The average Bonchev–Trinajstić information content (AvgIpc) is 3.32. The summed E-state index contributed by atoms with van der Waals surface area (Å²) in [6.45, 7) is 1.10. The number of carbonyl (C=O) groups is 3.